The molecule has 0 saturated carbocycles. The smallest absolute Gasteiger partial charge is 0.251 e. The Morgan fingerprint density at radius 3 is 2.47 bits per heavy atom. The zero-order chi connectivity index (χ0) is 21.1. The van der Waals surface area contributed by atoms with Crippen molar-refractivity contribution in [1.29, 1.82) is 0 Å². The molecule has 30 heavy (non-hydrogen) atoms. The van der Waals surface area contributed by atoms with Crippen LogP contribution in [0.2, 0.25) is 5.02 Å². The minimum Gasteiger partial charge on any atom is -0.368 e. The number of rotatable bonds is 6. The number of hydrogen-bond acceptors (Lipinski definition) is 5. The fraction of sp³-hybridized carbons (Fsp3) is 0.182. The van der Waals surface area contributed by atoms with Crippen molar-refractivity contribution in [3.05, 3.63) is 76.7 Å². The van der Waals surface area contributed by atoms with Gasteiger partial charge in [-0.1, -0.05) is 29.8 Å². The lowest BCUT2D eigenvalue weighted by atomic mass is 10.2. The normalized spacial score (nSPS) is 10.9. The van der Waals surface area contributed by atoms with E-state index in [0.717, 1.165) is 22.4 Å². The molecule has 0 radical (unpaired) electrons. The fourth-order valence-corrected chi connectivity index (χ4v) is 3.35. The number of amides is 1. The van der Waals surface area contributed by atoms with E-state index in [1.807, 2.05) is 48.9 Å². The van der Waals surface area contributed by atoms with Crippen molar-refractivity contribution in [2.24, 2.45) is 0 Å². The van der Waals surface area contributed by atoms with Crippen LogP contribution in [-0.4, -0.2) is 38.7 Å². The van der Waals surface area contributed by atoms with Crippen molar-refractivity contribution in [3.8, 4) is 5.69 Å². The molecule has 0 unspecified atom stereocenters. The molecule has 1 amide bonds. The first-order valence-electron chi connectivity index (χ1n) is 9.60. The minimum absolute atomic E-state index is 0.148. The number of nitrogens with zero attached hydrogens (tertiary/aromatic N) is 4. The minimum atomic E-state index is -0.148. The van der Waals surface area contributed by atoms with Crippen LogP contribution in [0, 0.1) is 13.8 Å². The van der Waals surface area contributed by atoms with Crippen molar-refractivity contribution >= 4 is 34.4 Å². The van der Waals surface area contributed by atoms with E-state index in [1.54, 1.807) is 24.3 Å². The second-order valence-corrected chi connectivity index (χ2v) is 7.28. The number of hydrogen-bond donors (Lipinski definition) is 2. The van der Waals surface area contributed by atoms with Crippen LogP contribution in [-0.2, 0) is 0 Å². The maximum absolute atomic E-state index is 12.2. The number of benzene rings is 2. The summed E-state index contributed by atoms with van der Waals surface area (Å²) in [5.74, 6) is 1.20. The number of carbonyl (C=O) groups is 1. The lowest BCUT2D eigenvalue weighted by molar-refractivity contribution is 0.0955. The van der Waals surface area contributed by atoms with Gasteiger partial charge in [0.1, 0.15) is 11.6 Å². The first-order chi connectivity index (χ1) is 14.5. The molecule has 0 spiro atoms. The summed E-state index contributed by atoms with van der Waals surface area (Å²) < 4.78 is 1.83. The highest BCUT2D eigenvalue weighted by Crippen LogP contribution is 2.26. The van der Waals surface area contributed by atoms with Crippen LogP contribution in [0.4, 0.5) is 5.82 Å². The van der Waals surface area contributed by atoms with Gasteiger partial charge in [-0.3, -0.25) is 4.79 Å². The second kappa shape index (κ2) is 8.51. The average Bonchev–Trinajstić information content (AvgIpc) is 3.08. The average molecular weight is 421 g/mol. The van der Waals surface area contributed by atoms with Crippen LogP contribution in [0.3, 0.4) is 0 Å². The maximum Gasteiger partial charge on any atom is 0.251 e. The molecule has 8 heteroatoms. The molecule has 7 nitrogen and oxygen atoms in total. The van der Waals surface area contributed by atoms with Crippen molar-refractivity contribution in [1.82, 2.24) is 25.1 Å². The molecule has 0 atom stereocenters. The zero-order valence-corrected chi connectivity index (χ0v) is 17.4. The molecule has 0 fully saturated rings. The molecule has 0 aliphatic heterocycles. The molecule has 152 valence electrons. The van der Waals surface area contributed by atoms with E-state index in [9.17, 15) is 4.79 Å². The Morgan fingerprint density at radius 1 is 1.00 bits per heavy atom. The van der Waals surface area contributed by atoms with Gasteiger partial charge in [-0.05, 0) is 50.2 Å². The summed E-state index contributed by atoms with van der Waals surface area (Å²) in [6.45, 7) is 4.75. The molecule has 4 rings (SSSR count). The summed E-state index contributed by atoms with van der Waals surface area (Å²) in [7, 11) is 0. The molecular weight excluding hydrogens is 400 g/mol. The van der Waals surface area contributed by atoms with Crippen molar-refractivity contribution in [2.45, 2.75) is 13.8 Å². The van der Waals surface area contributed by atoms with Crippen LogP contribution in [0.25, 0.3) is 16.7 Å². The molecule has 2 aromatic carbocycles. The number of aryl methyl sites for hydroxylation is 2. The Labute approximate surface area is 179 Å². The third-order valence-electron chi connectivity index (χ3n) is 4.62. The Balaban J connectivity index is 1.50. The van der Waals surface area contributed by atoms with Gasteiger partial charge in [-0.25, -0.2) is 14.6 Å². The van der Waals surface area contributed by atoms with E-state index in [0.29, 0.717) is 35.3 Å². The second-order valence-electron chi connectivity index (χ2n) is 6.84. The number of nitrogens with one attached hydrogen (secondary N) is 2. The molecule has 0 bridgehead atoms. The third-order valence-corrected chi connectivity index (χ3v) is 4.88. The standard InChI is InChI=1S/C22H21ClN6O/c1-14-19-20(24-12-13-25-22(30)16-8-10-17(23)11-9-16)26-15(2)27-21(19)29(28-14)18-6-4-3-5-7-18/h3-11H,12-13H2,1-2H3,(H,25,30)(H,24,26,27). The molecular formula is C22H21ClN6O. The summed E-state index contributed by atoms with van der Waals surface area (Å²) in [5.41, 5.74) is 3.09. The van der Waals surface area contributed by atoms with Gasteiger partial charge in [-0.15, -0.1) is 0 Å². The Hall–Kier alpha value is -3.45. The van der Waals surface area contributed by atoms with Crippen LogP contribution in [0.15, 0.2) is 54.6 Å². The SMILES string of the molecule is Cc1nc(NCCNC(=O)c2ccc(Cl)cc2)c2c(C)nn(-c3ccccc3)c2n1. The zero-order valence-electron chi connectivity index (χ0n) is 16.7. The van der Waals surface area contributed by atoms with Gasteiger partial charge in [-0.2, -0.15) is 5.10 Å². The van der Waals surface area contributed by atoms with Gasteiger partial charge in [0.25, 0.3) is 5.91 Å². The summed E-state index contributed by atoms with van der Waals surface area (Å²) >= 11 is 5.86. The number of aromatic nitrogens is 4. The predicted molar refractivity (Wildman–Crippen MR) is 118 cm³/mol. The van der Waals surface area contributed by atoms with Crippen LogP contribution in [0.5, 0.6) is 0 Å². The first kappa shape index (κ1) is 19.8. The number of halogens is 1. The molecule has 0 saturated heterocycles. The van der Waals surface area contributed by atoms with Crippen molar-refractivity contribution < 1.29 is 4.79 Å². The molecule has 2 aromatic heterocycles. The topological polar surface area (TPSA) is 84.7 Å². The molecule has 4 aromatic rings. The summed E-state index contributed by atoms with van der Waals surface area (Å²) in [4.78, 5) is 21.4. The fourth-order valence-electron chi connectivity index (χ4n) is 3.23. The lowest BCUT2D eigenvalue weighted by Gasteiger charge is -2.10. The van der Waals surface area contributed by atoms with E-state index >= 15 is 0 Å². The van der Waals surface area contributed by atoms with Gasteiger partial charge in [0.2, 0.25) is 0 Å². The summed E-state index contributed by atoms with van der Waals surface area (Å²) in [5, 5.41) is 12.3. The molecule has 0 aliphatic carbocycles. The first-order valence-corrected chi connectivity index (χ1v) is 9.98. The Morgan fingerprint density at radius 2 is 1.73 bits per heavy atom. The van der Waals surface area contributed by atoms with Crippen LogP contribution < -0.4 is 10.6 Å². The summed E-state index contributed by atoms with van der Waals surface area (Å²) in [6.07, 6.45) is 0. The van der Waals surface area contributed by atoms with Crippen molar-refractivity contribution in [2.75, 3.05) is 18.4 Å². The Bertz CT molecular complexity index is 1190. The number of carbonyl (C=O) groups excluding carboxylic acids is 1. The quantitative estimate of drug-likeness (QED) is 0.462. The Kier molecular flexibility index (Phi) is 5.63. The number of para-hydroxylation sites is 1. The maximum atomic E-state index is 12.2. The monoisotopic (exact) mass is 420 g/mol. The highest BCUT2D eigenvalue weighted by molar-refractivity contribution is 6.30. The summed E-state index contributed by atoms with van der Waals surface area (Å²) in [6, 6.07) is 16.7. The van der Waals surface area contributed by atoms with E-state index in [-0.39, 0.29) is 5.91 Å². The van der Waals surface area contributed by atoms with Gasteiger partial charge in [0.05, 0.1) is 16.8 Å². The predicted octanol–water partition coefficient (Wildman–Crippen LogP) is 3.93. The van der Waals surface area contributed by atoms with Gasteiger partial charge < -0.3 is 10.6 Å². The van der Waals surface area contributed by atoms with E-state index in [2.05, 4.69) is 25.7 Å². The molecule has 0 aliphatic rings. The van der Waals surface area contributed by atoms with E-state index in [4.69, 9.17) is 11.6 Å². The van der Waals surface area contributed by atoms with Gasteiger partial charge >= 0.3 is 0 Å². The van der Waals surface area contributed by atoms with Crippen molar-refractivity contribution in [3.63, 3.8) is 0 Å². The van der Waals surface area contributed by atoms with E-state index in [1.165, 1.54) is 0 Å². The highest BCUT2D eigenvalue weighted by atomic mass is 35.5. The van der Waals surface area contributed by atoms with Gasteiger partial charge in [0, 0.05) is 23.7 Å². The van der Waals surface area contributed by atoms with E-state index < -0.39 is 0 Å². The van der Waals surface area contributed by atoms with Gasteiger partial charge in [0.15, 0.2) is 5.65 Å². The molecule has 2 heterocycles. The number of anilines is 1. The third kappa shape index (κ3) is 4.11. The largest absolute Gasteiger partial charge is 0.368 e. The lowest BCUT2D eigenvalue weighted by Crippen LogP contribution is -2.28. The van der Waals surface area contributed by atoms with Crippen LogP contribution >= 0.6 is 11.6 Å². The highest BCUT2D eigenvalue weighted by Gasteiger charge is 2.16. The number of fused-ring (bicyclic) bond motifs is 1. The van der Waals surface area contributed by atoms with Crippen LogP contribution in [0.1, 0.15) is 21.9 Å². The molecule has 2 N–H and O–H groups in total.